The van der Waals surface area contributed by atoms with Crippen molar-refractivity contribution < 1.29 is 9.59 Å². The predicted molar refractivity (Wildman–Crippen MR) is 94.9 cm³/mol. The van der Waals surface area contributed by atoms with Crippen LogP contribution in [0.25, 0.3) is 5.57 Å². The van der Waals surface area contributed by atoms with E-state index in [0.717, 1.165) is 25.1 Å². The SMILES string of the molecule is CC(C)CN1C(=O)C(c2ccccc2)=C(N2CCCC(C)C2)C1=O. The number of carbonyl (C=O) groups excluding carboxylic acids is 2. The highest BCUT2D eigenvalue weighted by Crippen LogP contribution is 2.34. The first-order chi connectivity index (χ1) is 11.5. The molecular weight excluding hydrogens is 300 g/mol. The predicted octanol–water partition coefficient (Wildman–Crippen LogP) is 3.15. The summed E-state index contributed by atoms with van der Waals surface area (Å²) in [6, 6.07) is 9.61. The first-order valence-corrected chi connectivity index (χ1v) is 8.90. The van der Waals surface area contributed by atoms with E-state index < -0.39 is 0 Å². The van der Waals surface area contributed by atoms with Crippen LogP contribution in [0.4, 0.5) is 0 Å². The number of carbonyl (C=O) groups is 2. The lowest BCUT2D eigenvalue weighted by atomic mass is 9.98. The Balaban J connectivity index is 2.04. The van der Waals surface area contributed by atoms with Crippen LogP contribution in [-0.4, -0.2) is 41.2 Å². The Morgan fingerprint density at radius 2 is 1.83 bits per heavy atom. The second-order valence-corrected chi connectivity index (χ2v) is 7.40. The number of piperidine rings is 1. The monoisotopic (exact) mass is 326 g/mol. The fraction of sp³-hybridized carbons (Fsp3) is 0.500. The molecule has 3 rings (SSSR count). The fourth-order valence-corrected chi connectivity index (χ4v) is 3.65. The first kappa shape index (κ1) is 16.7. The van der Waals surface area contributed by atoms with E-state index in [1.807, 2.05) is 44.2 Å². The molecule has 128 valence electrons. The van der Waals surface area contributed by atoms with Crippen LogP contribution in [0.15, 0.2) is 36.0 Å². The summed E-state index contributed by atoms with van der Waals surface area (Å²) in [4.78, 5) is 29.6. The van der Waals surface area contributed by atoms with Gasteiger partial charge in [0.2, 0.25) is 0 Å². The van der Waals surface area contributed by atoms with E-state index >= 15 is 0 Å². The average Bonchev–Trinajstić information content (AvgIpc) is 2.80. The number of hydrogen-bond donors (Lipinski definition) is 0. The summed E-state index contributed by atoms with van der Waals surface area (Å²) in [6.07, 6.45) is 2.25. The number of benzene rings is 1. The van der Waals surface area contributed by atoms with Gasteiger partial charge >= 0.3 is 0 Å². The van der Waals surface area contributed by atoms with Crippen molar-refractivity contribution in [3.8, 4) is 0 Å². The van der Waals surface area contributed by atoms with Gasteiger partial charge in [0.25, 0.3) is 11.8 Å². The van der Waals surface area contributed by atoms with Gasteiger partial charge in [0, 0.05) is 19.6 Å². The molecule has 4 nitrogen and oxygen atoms in total. The molecule has 2 aliphatic rings. The maximum atomic E-state index is 13.0. The van der Waals surface area contributed by atoms with Crippen molar-refractivity contribution in [3.63, 3.8) is 0 Å². The molecule has 1 aromatic rings. The molecule has 1 atom stereocenters. The molecule has 4 heteroatoms. The van der Waals surface area contributed by atoms with Crippen LogP contribution >= 0.6 is 0 Å². The zero-order chi connectivity index (χ0) is 17.3. The smallest absolute Gasteiger partial charge is 0.277 e. The van der Waals surface area contributed by atoms with Crippen LogP contribution in [0.5, 0.6) is 0 Å². The Morgan fingerprint density at radius 1 is 1.12 bits per heavy atom. The Morgan fingerprint density at radius 3 is 2.46 bits per heavy atom. The zero-order valence-electron chi connectivity index (χ0n) is 14.8. The van der Waals surface area contributed by atoms with Gasteiger partial charge in [0.1, 0.15) is 5.70 Å². The minimum Gasteiger partial charge on any atom is -0.366 e. The van der Waals surface area contributed by atoms with Gasteiger partial charge in [-0.05, 0) is 30.2 Å². The van der Waals surface area contributed by atoms with Crippen LogP contribution in [0.1, 0.15) is 39.2 Å². The molecule has 2 heterocycles. The number of hydrogen-bond acceptors (Lipinski definition) is 3. The highest BCUT2D eigenvalue weighted by Gasteiger charge is 2.42. The zero-order valence-corrected chi connectivity index (χ0v) is 14.8. The number of nitrogens with zero attached hydrogens (tertiary/aromatic N) is 2. The lowest BCUT2D eigenvalue weighted by Gasteiger charge is -2.33. The molecule has 0 bridgehead atoms. The van der Waals surface area contributed by atoms with Crippen molar-refractivity contribution >= 4 is 17.4 Å². The van der Waals surface area contributed by atoms with E-state index in [0.29, 0.717) is 23.7 Å². The van der Waals surface area contributed by atoms with Gasteiger partial charge in [-0.15, -0.1) is 0 Å². The molecule has 0 radical (unpaired) electrons. The molecule has 0 N–H and O–H groups in total. The largest absolute Gasteiger partial charge is 0.366 e. The second kappa shape index (κ2) is 6.80. The van der Waals surface area contributed by atoms with E-state index in [2.05, 4.69) is 11.8 Å². The van der Waals surface area contributed by atoms with Crippen LogP contribution < -0.4 is 0 Å². The third-order valence-corrected chi connectivity index (χ3v) is 4.73. The highest BCUT2D eigenvalue weighted by atomic mass is 16.2. The lowest BCUT2D eigenvalue weighted by molar-refractivity contribution is -0.138. The number of imide groups is 1. The topological polar surface area (TPSA) is 40.6 Å². The third kappa shape index (κ3) is 3.10. The second-order valence-electron chi connectivity index (χ2n) is 7.40. The van der Waals surface area contributed by atoms with E-state index in [9.17, 15) is 9.59 Å². The van der Waals surface area contributed by atoms with Gasteiger partial charge < -0.3 is 4.90 Å². The van der Waals surface area contributed by atoms with Crippen LogP contribution in [-0.2, 0) is 9.59 Å². The summed E-state index contributed by atoms with van der Waals surface area (Å²) in [5.74, 6) is 0.537. The Labute approximate surface area is 144 Å². The van der Waals surface area contributed by atoms with Crippen LogP contribution in [0.3, 0.4) is 0 Å². The lowest BCUT2D eigenvalue weighted by Crippen LogP contribution is -2.40. The minimum absolute atomic E-state index is 0.123. The summed E-state index contributed by atoms with van der Waals surface area (Å²) in [7, 11) is 0. The summed E-state index contributed by atoms with van der Waals surface area (Å²) >= 11 is 0. The molecule has 0 spiro atoms. The summed E-state index contributed by atoms with van der Waals surface area (Å²) in [5.41, 5.74) is 2.03. The summed E-state index contributed by atoms with van der Waals surface area (Å²) in [6.45, 7) is 8.45. The van der Waals surface area contributed by atoms with Gasteiger partial charge in [-0.25, -0.2) is 0 Å². The molecule has 2 amide bonds. The Bertz CT molecular complexity index is 663. The quantitative estimate of drug-likeness (QED) is 0.798. The van der Waals surface area contributed by atoms with Crippen LogP contribution in [0, 0.1) is 11.8 Å². The molecule has 0 aliphatic carbocycles. The van der Waals surface area contributed by atoms with Gasteiger partial charge in [-0.1, -0.05) is 51.1 Å². The van der Waals surface area contributed by atoms with Crippen molar-refractivity contribution in [1.29, 1.82) is 0 Å². The van der Waals surface area contributed by atoms with Gasteiger partial charge in [-0.3, -0.25) is 14.5 Å². The fourth-order valence-electron chi connectivity index (χ4n) is 3.65. The Hall–Kier alpha value is -2.10. The average molecular weight is 326 g/mol. The van der Waals surface area contributed by atoms with Gasteiger partial charge in [0.15, 0.2) is 0 Å². The maximum Gasteiger partial charge on any atom is 0.277 e. The molecule has 1 aromatic carbocycles. The highest BCUT2D eigenvalue weighted by molar-refractivity contribution is 6.35. The van der Waals surface area contributed by atoms with Crippen LogP contribution in [0.2, 0.25) is 0 Å². The van der Waals surface area contributed by atoms with E-state index in [-0.39, 0.29) is 17.7 Å². The van der Waals surface area contributed by atoms with E-state index in [1.54, 1.807) is 0 Å². The molecule has 0 aromatic heterocycles. The number of rotatable bonds is 4. The normalized spacial score (nSPS) is 22.1. The molecular formula is C20H26N2O2. The Kier molecular flexibility index (Phi) is 4.74. The van der Waals surface area contributed by atoms with Gasteiger partial charge in [-0.2, -0.15) is 0 Å². The summed E-state index contributed by atoms with van der Waals surface area (Å²) in [5, 5.41) is 0. The van der Waals surface area contributed by atoms with Crippen molar-refractivity contribution in [2.45, 2.75) is 33.6 Å². The van der Waals surface area contributed by atoms with Gasteiger partial charge in [0.05, 0.1) is 5.57 Å². The number of likely N-dealkylation sites (tertiary alicyclic amines) is 1. The molecule has 1 saturated heterocycles. The molecule has 1 unspecified atom stereocenters. The van der Waals surface area contributed by atoms with E-state index in [1.165, 1.54) is 11.3 Å². The first-order valence-electron chi connectivity index (χ1n) is 8.90. The van der Waals surface area contributed by atoms with Crippen molar-refractivity contribution in [2.75, 3.05) is 19.6 Å². The molecule has 0 saturated carbocycles. The minimum atomic E-state index is -0.145. The standard InChI is InChI=1S/C20H26N2O2/c1-14(2)12-22-19(23)17(16-9-5-4-6-10-16)18(20(22)24)21-11-7-8-15(3)13-21/h4-6,9-10,14-15H,7-8,11-13H2,1-3H3. The van der Waals surface area contributed by atoms with Crippen molar-refractivity contribution in [2.24, 2.45) is 11.8 Å². The van der Waals surface area contributed by atoms with E-state index in [4.69, 9.17) is 0 Å². The van der Waals surface area contributed by atoms with Crippen molar-refractivity contribution in [3.05, 3.63) is 41.6 Å². The third-order valence-electron chi connectivity index (χ3n) is 4.73. The molecule has 2 aliphatic heterocycles. The maximum absolute atomic E-state index is 13.0. The molecule has 1 fully saturated rings. The summed E-state index contributed by atoms with van der Waals surface area (Å²) < 4.78 is 0. The molecule has 24 heavy (non-hydrogen) atoms. The van der Waals surface area contributed by atoms with Crippen molar-refractivity contribution in [1.82, 2.24) is 9.80 Å². The number of amides is 2.